The molecule has 0 aliphatic heterocycles. The second-order valence-corrected chi connectivity index (χ2v) is 9.85. The molecular weight excluding hydrogens is 204 g/mol. The third-order valence-electron chi connectivity index (χ3n) is 2.62. The van der Waals surface area contributed by atoms with Crippen LogP contribution in [-0.4, -0.2) is 14.3 Å². The number of carbonyl (C=O) groups excluding carboxylic acids is 1. The van der Waals surface area contributed by atoms with Crippen LogP contribution in [0.25, 0.3) is 0 Å². The number of allylic oxidation sites excluding steroid dienone is 2. The Morgan fingerprint density at radius 2 is 1.67 bits per heavy atom. The lowest BCUT2D eigenvalue weighted by Gasteiger charge is -2.14. The van der Waals surface area contributed by atoms with Crippen molar-refractivity contribution in [2.24, 2.45) is 11.8 Å². The molecule has 2 nitrogen and oxygen atoms in total. The average Bonchev–Trinajstić information content (AvgIpc) is 2.61. The van der Waals surface area contributed by atoms with Gasteiger partial charge in [0.15, 0.2) is 0 Å². The number of hydrogen-bond donors (Lipinski definition) is 0. The van der Waals surface area contributed by atoms with Crippen LogP contribution in [0.1, 0.15) is 26.2 Å². The van der Waals surface area contributed by atoms with Crippen molar-refractivity contribution in [1.82, 2.24) is 0 Å². The summed E-state index contributed by atoms with van der Waals surface area (Å²) in [5.41, 5.74) is 0. The van der Waals surface area contributed by atoms with Crippen LogP contribution in [0.15, 0.2) is 12.2 Å². The SMILES string of the molecule is C1=CC2CCC1C2.CC(=O)O[Si](C)(C)C. The summed E-state index contributed by atoms with van der Waals surface area (Å²) in [5, 5.41) is 0. The van der Waals surface area contributed by atoms with Crippen LogP contribution in [0.4, 0.5) is 0 Å². The van der Waals surface area contributed by atoms with E-state index in [2.05, 4.69) is 12.2 Å². The van der Waals surface area contributed by atoms with Gasteiger partial charge in [-0.2, -0.15) is 0 Å². The zero-order valence-corrected chi connectivity index (χ0v) is 11.2. The van der Waals surface area contributed by atoms with E-state index in [4.69, 9.17) is 4.43 Å². The number of hydrogen-bond acceptors (Lipinski definition) is 2. The van der Waals surface area contributed by atoms with Crippen LogP contribution >= 0.6 is 0 Å². The molecule has 2 unspecified atom stereocenters. The summed E-state index contributed by atoms with van der Waals surface area (Å²) in [6.45, 7) is 7.38. The Kier molecular flexibility index (Phi) is 4.14. The van der Waals surface area contributed by atoms with Gasteiger partial charge in [-0.05, 0) is 50.7 Å². The van der Waals surface area contributed by atoms with Crippen molar-refractivity contribution >= 4 is 14.3 Å². The van der Waals surface area contributed by atoms with Gasteiger partial charge in [0.2, 0.25) is 8.32 Å². The first kappa shape index (κ1) is 12.5. The molecule has 0 aromatic carbocycles. The summed E-state index contributed by atoms with van der Waals surface area (Å²) >= 11 is 0. The first-order valence-electron chi connectivity index (χ1n) is 5.75. The summed E-state index contributed by atoms with van der Waals surface area (Å²) in [6.07, 6.45) is 9.19. The fraction of sp³-hybridized carbons (Fsp3) is 0.750. The van der Waals surface area contributed by atoms with Crippen molar-refractivity contribution in [1.29, 1.82) is 0 Å². The van der Waals surface area contributed by atoms with E-state index in [-0.39, 0.29) is 5.97 Å². The zero-order valence-electron chi connectivity index (χ0n) is 10.2. The predicted octanol–water partition coefficient (Wildman–Crippen LogP) is 3.36. The van der Waals surface area contributed by atoms with Gasteiger partial charge in [-0.3, -0.25) is 4.79 Å². The Morgan fingerprint density at radius 3 is 1.73 bits per heavy atom. The van der Waals surface area contributed by atoms with Gasteiger partial charge in [0, 0.05) is 6.92 Å². The van der Waals surface area contributed by atoms with Gasteiger partial charge in [-0.25, -0.2) is 0 Å². The summed E-state index contributed by atoms with van der Waals surface area (Å²) < 4.78 is 4.94. The number of fused-ring (bicyclic) bond motifs is 2. The summed E-state index contributed by atoms with van der Waals surface area (Å²) in [4.78, 5) is 10.3. The number of rotatable bonds is 1. The largest absolute Gasteiger partial charge is 0.520 e. The molecule has 2 bridgehead atoms. The molecule has 2 aliphatic carbocycles. The van der Waals surface area contributed by atoms with Crippen molar-refractivity contribution in [3.05, 3.63) is 12.2 Å². The van der Waals surface area contributed by atoms with E-state index in [1.165, 1.54) is 26.2 Å². The van der Waals surface area contributed by atoms with E-state index in [1.807, 2.05) is 19.6 Å². The fourth-order valence-corrected chi connectivity index (χ4v) is 3.01. The molecule has 86 valence electrons. The lowest BCUT2D eigenvalue weighted by molar-refractivity contribution is -0.132. The quantitative estimate of drug-likeness (QED) is 0.506. The van der Waals surface area contributed by atoms with Crippen LogP contribution in [-0.2, 0) is 9.22 Å². The van der Waals surface area contributed by atoms with E-state index in [1.54, 1.807) is 0 Å². The summed E-state index contributed by atoms with van der Waals surface area (Å²) in [5.74, 6) is 1.82. The third kappa shape index (κ3) is 5.16. The van der Waals surface area contributed by atoms with Crippen molar-refractivity contribution in [2.75, 3.05) is 0 Å². The highest BCUT2D eigenvalue weighted by atomic mass is 28.4. The van der Waals surface area contributed by atoms with E-state index in [0.717, 1.165) is 11.8 Å². The van der Waals surface area contributed by atoms with Crippen molar-refractivity contribution < 1.29 is 9.22 Å². The van der Waals surface area contributed by atoms with Gasteiger partial charge in [-0.15, -0.1) is 0 Å². The molecule has 2 aliphatic rings. The Labute approximate surface area is 93.8 Å². The van der Waals surface area contributed by atoms with Crippen LogP contribution in [0.2, 0.25) is 19.6 Å². The second-order valence-electron chi connectivity index (χ2n) is 5.42. The van der Waals surface area contributed by atoms with Gasteiger partial charge in [-0.1, -0.05) is 12.2 Å². The first-order chi connectivity index (χ1) is 6.87. The molecule has 0 spiro atoms. The molecule has 0 heterocycles. The second kappa shape index (κ2) is 4.97. The maximum absolute atomic E-state index is 10.3. The molecule has 2 rings (SSSR count). The highest BCUT2D eigenvalue weighted by Crippen LogP contribution is 2.38. The summed E-state index contributed by atoms with van der Waals surface area (Å²) in [7, 11) is -1.57. The van der Waals surface area contributed by atoms with Gasteiger partial charge in [0.05, 0.1) is 0 Å². The predicted molar refractivity (Wildman–Crippen MR) is 65.1 cm³/mol. The first-order valence-corrected chi connectivity index (χ1v) is 9.15. The Bertz CT molecular complexity index is 241. The van der Waals surface area contributed by atoms with E-state index >= 15 is 0 Å². The highest BCUT2D eigenvalue weighted by molar-refractivity contribution is 6.71. The minimum atomic E-state index is -1.57. The molecule has 0 aromatic heterocycles. The lowest BCUT2D eigenvalue weighted by atomic mass is 10.1. The molecule has 0 N–H and O–H groups in total. The van der Waals surface area contributed by atoms with Crippen LogP contribution < -0.4 is 0 Å². The number of carbonyl (C=O) groups is 1. The lowest BCUT2D eigenvalue weighted by Crippen LogP contribution is -2.27. The van der Waals surface area contributed by atoms with Crippen molar-refractivity contribution in [2.45, 2.75) is 45.8 Å². The monoisotopic (exact) mass is 226 g/mol. The Balaban J connectivity index is 0.000000150. The van der Waals surface area contributed by atoms with Crippen LogP contribution in [0.3, 0.4) is 0 Å². The molecule has 2 atom stereocenters. The maximum atomic E-state index is 10.3. The topological polar surface area (TPSA) is 26.3 Å². The van der Waals surface area contributed by atoms with Gasteiger partial charge < -0.3 is 4.43 Å². The van der Waals surface area contributed by atoms with Gasteiger partial charge in [0.1, 0.15) is 0 Å². The van der Waals surface area contributed by atoms with E-state index < -0.39 is 8.32 Å². The summed E-state index contributed by atoms with van der Waals surface area (Å²) in [6, 6.07) is 0. The van der Waals surface area contributed by atoms with Gasteiger partial charge >= 0.3 is 0 Å². The minimum absolute atomic E-state index is 0.163. The van der Waals surface area contributed by atoms with Crippen molar-refractivity contribution in [3.63, 3.8) is 0 Å². The zero-order chi connectivity index (χ0) is 11.5. The molecular formula is C12H22O2Si. The van der Waals surface area contributed by atoms with Crippen LogP contribution in [0, 0.1) is 11.8 Å². The van der Waals surface area contributed by atoms with Crippen molar-refractivity contribution in [3.8, 4) is 0 Å². The molecule has 1 saturated carbocycles. The minimum Gasteiger partial charge on any atom is -0.520 e. The van der Waals surface area contributed by atoms with Crippen LogP contribution in [0.5, 0.6) is 0 Å². The molecule has 0 saturated heterocycles. The smallest absolute Gasteiger partial charge is 0.289 e. The maximum Gasteiger partial charge on any atom is 0.289 e. The molecule has 1 fully saturated rings. The standard InChI is InChI=1S/C7H10.C5H12O2Si/c1-2-7-4-3-6(1)5-7;1-5(6)7-8(2,3)4/h1-2,6-7H,3-5H2;1-4H3. The van der Waals surface area contributed by atoms with E-state index in [9.17, 15) is 4.79 Å². The molecule has 15 heavy (non-hydrogen) atoms. The third-order valence-corrected chi connectivity index (χ3v) is 3.52. The molecule has 3 heteroatoms. The normalized spacial score (nSPS) is 27.2. The Hall–Kier alpha value is -0.573. The molecule has 0 aromatic rings. The van der Waals surface area contributed by atoms with E-state index in [0.29, 0.717) is 0 Å². The fourth-order valence-electron chi connectivity index (χ4n) is 2.15. The molecule has 0 radical (unpaired) electrons. The highest BCUT2D eigenvalue weighted by Gasteiger charge is 2.25. The average molecular weight is 226 g/mol. The Morgan fingerprint density at radius 1 is 1.20 bits per heavy atom. The molecule has 0 amide bonds. The van der Waals surface area contributed by atoms with Gasteiger partial charge in [0.25, 0.3) is 5.97 Å².